The van der Waals surface area contributed by atoms with Gasteiger partial charge in [-0.1, -0.05) is 63.7 Å². The first-order valence-electron chi connectivity index (χ1n) is 2.26. The maximum Gasteiger partial charge on any atom is 0.0708 e. The van der Waals surface area contributed by atoms with E-state index in [0.29, 0.717) is 8.32 Å². The lowest BCUT2D eigenvalue weighted by molar-refractivity contribution is 1.43. The monoisotopic (exact) mass is 402 g/mol. The second kappa shape index (κ2) is 6.95. The third-order valence-electron chi connectivity index (χ3n) is 0.538. The molecule has 0 rings (SSSR count). The summed E-state index contributed by atoms with van der Waals surface area (Å²) in [5.41, 5.74) is 0. The number of hydrogen-bond donors (Lipinski definition) is 0. The number of hydrogen-bond acceptors (Lipinski definition) is 1. The zero-order valence-corrected chi connectivity index (χ0v) is 11.6. The highest BCUT2D eigenvalue weighted by Gasteiger charge is 2.08. The topological polar surface area (TPSA) is 0 Å². The van der Waals surface area contributed by atoms with Gasteiger partial charge in [0.05, 0.1) is 8.32 Å². The Morgan fingerprint density at radius 3 is 1.56 bits per heavy atom. The fourth-order valence-electron chi connectivity index (χ4n) is 0.233. The van der Waals surface area contributed by atoms with Crippen molar-refractivity contribution in [2.75, 3.05) is 10.7 Å². The Hall–Kier alpha value is 2.27. The molecule has 0 aromatic rings. The molecule has 2 atom stereocenters. The molecule has 0 aliphatic rings. The van der Waals surface area contributed by atoms with Crippen molar-refractivity contribution in [1.82, 2.24) is 0 Å². The molecule has 0 bridgehead atoms. The standard InChI is InChI=1S/C4H6Br4S/c5-1-3(7)9-4(8)2-6/h3-4H,1-2H2. The van der Waals surface area contributed by atoms with Crippen LogP contribution < -0.4 is 0 Å². The summed E-state index contributed by atoms with van der Waals surface area (Å²) in [5, 5.41) is 1.96. The lowest BCUT2D eigenvalue weighted by Gasteiger charge is -2.08. The van der Waals surface area contributed by atoms with E-state index >= 15 is 0 Å². The average Bonchev–Trinajstić information content (AvgIpc) is 1.87. The third-order valence-corrected chi connectivity index (χ3v) is 7.29. The van der Waals surface area contributed by atoms with Crippen LogP contribution in [0.3, 0.4) is 0 Å². The molecule has 0 aliphatic heterocycles. The second-order valence-electron chi connectivity index (χ2n) is 1.26. The smallest absolute Gasteiger partial charge is 0.0708 e. The van der Waals surface area contributed by atoms with Gasteiger partial charge in [0, 0.05) is 10.7 Å². The second-order valence-corrected chi connectivity index (χ2v) is 7.39. The largest absolute Gasteiger partial charge is 0.130 e. The molecule has 0 nitrogen and oxygen atoms in total. The third kappa shape index (κ3) is 6.66. The Morgan fingerprint density at radius 1 is 1.00 bits per heavy atom. The van der Waals surface area contributed by atoms with E-state index in [0.717, 1.165) is 10.7 Å². The summed E-state index contributed by atoms with van der Waals surface area (Å²) in [7, 11) is 0. The molecule has 2 unspecified atom stereocenters. The summed E-state index contributed by atoms with van der Waals surface area (Å²) < 4.78 is 0.999. The first-order valence-corrected chi connectivity index (χ1v) is 7.28. The molecule has 56 valence electrons. The zero-order chi connectivity index (χ0) is 7.28. The number of halogens is 4. The first kappa shape index (κ1) is 11.3. The normalized spacial score (nSPS) is 17.3. The summed E-state index contributed by atoms with van der Waals surface area (Å²) in [6, 6.07) is 0. The van der Waals surface area contributed by atoms with Crippen LogP contribution in [0, 0.1) is 0 Å². The van der Waals surface area contributed by atoms with Crippen LogP contribution in [0.5, 0.6) is 0 Å². The van der Waals surface area contributed by atoms with E-state index < -0.39 is 0 Å². The van der Waals surface area contributed by atoms with Crippen molar-refractivity contribution < 1.29 is 0 Å². The molecule has 9 heavy (non-hydrogen) atoms. The minimum absolute atomic E-state index is 0.499. The molecule has 0 radical (unpaired) electrons. The van der Waals surface area contributed by atoms with Crippen LogP contribution >= 0.6 is 75.5 Å². The van der Waals surface area contributed by atoms with Gasteiger partial charge in [0.25, 0.3) is 0 Å². The highest BCUT2D eigenvalue weighted by Crippen LogP contribution is 2.28. The molecule has 0 saturated carbocycles. The number of thioether (sulfide) groups is 1. The molecule has 0 aromatic carbocycles. The quantitative estimate of drug-likeness (QED) is 0.638. The van der Waals surface area contributed by atoms with Gasteiger partial charge in [-0.15, -0.1) is 11.8 Å². The van der Waals surface area contributed by atoms with Gasteiger partial charge in [-0.05, 0) is 0 Å². The number of alkyl halides is 4. The Bertz CT molecular complexity index is 61.6. The van der Waals surface area contributed by atoms with Crippen LogP contribution in [-0.2, 0) is 0 Å². The van der Waals surface area contributed by atoms with Crippen molar-refractivity contribution in [3.05, 3.63) is 0 Å². The van der Waals surface area contributed by atoms with E-state index in [9.17, 15) is 0 Å². The van der Waals surface area contributed by atoms with Gasteiger partial charge in [-0.2, -0.15) is 0 Å². The molecular formula is C4H6Br4S. The molecule has 0 amide bonds. The van der Waals surface area contributed by atoms with E-state index in [1.807, 2.05) is 11.8 Å². The highest BCUT2D eigenvalue weighted by atomic mass is 79.9. The van der Waals surface area contributed by atoms with Crippen LogP contribution in [0.25, 0.3) is 0 Å². The summed E-state index contributed by atoms with van der Waals surface area (Å²) in [4.78, 5) is 0. The van der Waals surface area contributed by atoms with Gasteiger partial charge in [0.1, 0.15) is 0 Å². The van der Waals surface area contributed by atoms with E-state index in [1.165, 1.54) is 0 Å². The Balaban J connectivity index is 3.22. The van der Waals surface area contributed by atoms with Gasteiger partial charge in [0.15, 0.2) is 0 Å². The molecule has 0 heterocycles. The van der Waals surface area contributed by atoms with E-state index in [2.05, 4.69) is 63.7 Å². The number of rotatable bonds is 4. The minimum atomic E-state index is 0.499. The fourth-order valence-corrected chi connectivity index (χ4v) is 4.05. The lowest BCUT2D eigenvalue weighted by Crippen LogP contribution is -2.00. The van der Waals surface area contributed by atoms with Gasteiger partial charge < -0.3 is 0 Å². The first-order chi connectivity index (χ1) is 4.20. The van der Waals surface area contributed by atoms with E-state index in [4.69, 9.17) is 0 Å². The molecule has 0 spiro atoms. The molecule has 0 N–H and O–H groups in total. The van der Waals surface area contributed by atoms with Crippen molar-refractivity contribution >= 4 is 75.5 Å². The maximum absolute atomic E-state index is 3.48. The van der Waals surface area contributed by atoms with Crippen LogP contribution in [0.1, 0.15) is 0 Å². The fraction of sp³-hybridized carbons (Fsp3) is 1.00. The Morgan fingerprint density at radius 2 is 1.33 bits per heavy atom. The van der Waals surface area contributed by atoms with Crippen LogP contribution in [-0.4, -0.2) is 19.0 Å². The predicted octanol–water partition coefficient (Wildman–Crippen LogP) is 3.95. The average molecular weight is 406 g/mol. The van der Waals surface area contributed by atoms with Crippen LogP contribution in [0.2, 0.25) is 0 Å². The van der Waals surface area contributed by atoms with Gasteiger partial charge in [-0.25, -0.2) is 0 Å². The van der Waals surface area contributed by atoms with Crippen molar-refractivity contribution in [2.24, 2.45) is 0 Å². The van der Waals surface area contributed by atoms with Crippen molar-refractivity contribution in [1.29, 1.82) is 0 Å². The van der Waals surface area contributed by atoms with Crippen molar-refractivity contribution in [3.63, 3.8) is 0 Å². The molecule has 0 aliphatic carbocycles. The molecule has 0 saturated heterocycles. The summed E-state index contributed by atoms with van der Waals surface area (Å²) in [6.07, 6.45) is 0. The van der Waals surface area contributed by atoms with Gasteiger partial charge in [-0.3, -0.25) is 0 Å². The van der Waals surface area contributed by atoms with Crippen molar-refractivity contribution in [3.8, 4) is 0 Å². The zero-order valence-electron chi connectivity index (χ0n) is 4.49. The van der Waals surface area contributed by atoms with Crippen LogP contribution in [0.15, 0.2) is 0 Å². The van der Waals surface area contributed by atoms with E-state index in [1.54, 1.807) is 0 Å². The molecule has 5 heteroatoms. The predicted molar refractivity (Wildman–Crippen MR) is 60.6 cm³/mol. The van der Waals surface area contributed by atoms with E-state index in [-0.39, 0.29) is 0 Å². The van der Waals surface area contributed by atoms with Crippen LogP contribution in [0.4, 0.5) is 0 Å². The Labute approximate surface area is 93.4 Å². The molecule has 0 aromatic heterocycles. The van der Waals surface area contributed by atoms with Gasteiger partial charge >= 0.3 is 0 Å². The lowest BCUT2D eigenvalue weighted by atomic mass is 10.9. The van der Waals surface area contributed by atoms with Crippen molar-refractivity contribution in [2.45, 2.75) is 8.32 Å². The van der Waals surface area contributed by atoms with Gasteiger partial charge in [0.2, 0.25) is 0 Å². The minimum Gasteiger partial charge on any atom is -0.130 e. The molecular weight excluding hydrogens is 400 g/mol. The summed E-state index contributed by atoms with van der Waals surface area (Å²) in [6.45, 7) is 0. The summed E-state index contributed by atoms with van der Waals surface area (Å²) in [5.74, 6) is 0. The SMILES string of the molecule is BrCC(Br)SC(Br)CBr. The highest BCUT2D eigenvalue weighted by molar-refractivity contribution is 9.15. The Kier molecular flexibility index (Phi) is 8.70. The summed E-state index contributed by atoms with van der Waals surface area (Å²) >= 11 is 15.5. The molecule has 0 fully saturated rings. The maximum atomic E-state index is 3.48.